The molecule has 5 nitrogen and oxygen atoms in total. The summed E-state index contributed by atoms with van der Waals surface area (Å²) in [5, 5.41) is 0. The van der Waals surface area contributed by atoms with Crippen LogP contribution in [-0.4, -0.2) is 41.5 Å². The SMILES string of the molecule is COc1ccc(C[C@H]2COC(=O)N2C(=O)C(C)Br)cc1. The number of imide groups is 1. The average Bonchev–Trinajstić information content (AvgIpc) is 2.79. The summed E-state index contributed by atoms with van der Waals surface area (Å²) >= 11 is 3.19. The Morgan fingerprint density at radius 2 is 2.15 bits per heavy atom. The van der Waals surface area contributed by atoms with Crippen LogP contribution in [0.3, 0.4) is 0 Å². The molecule has 1 aromatic rings. The zero-order valence-corrected chi connectivity index (χ0v) is 12.9. The predicted octanol–water partition coefficient (Wildman–Crippen LogP) is 2.37. The second-order valence-electron chi connectivity index (χ2n) is 4.61. The van der Waals surface area contributed by atoms with E-state index in [0.29, 0.717) is 6.42 Å². The minimum Gasteiger partial charge on any atom is -0.497 e. The van der Waals surface area contributed by atoms with Gasteiger partial charge in [-0.15, -0.1) is 0 Å². The minimum atomic E-state index is -0.570. The fourth-order valence-electron chi connectivity index (χ4n) is 2.11. The van der Waals surface area contributed by atoms with Gasteiger partial charge in [-0.25, -0.2) is 9.69 Å². The summed E-state index contributed by atoms with van der Waals surface area (Å²) in [5.41, 5.74) is 1.02. The average molecular weight is 342 g/mol. The second kappa shape index (κ2) is 6.26. The second-order valence-corrected chi connectivity index (χ2v) is 5.98. The maximum atomic E-state index is 12.0. The van der Waals surface area contributed by atoms with Crippen LogP contribution >= 0.6 is 15.9 Å². The Morgan fingerprint density at radius 3 is 2.70 bits per heavy atom. The van der Waals surface area contributed by atoms with E-state index in [2.05, 4.69) is 15.9 Å². The number of carbonyl (C=O) groups is 2. The van der Waals surface area contributed by atoms with Crippen molar-refractivity contribution >= 4 is 27.9 Å². The molecule has 0 bridgehead atoms. The molecule has 6 heteroatoms. The first-order chi connectivity index (χ1) is 9.52. The summed E-state index contributed by atoms with van der Waals surface area (Å²) in [6, 6.07) is 7.28. The lowest BCUT2D eigenvalue weighted by atomic mass is 10.1. The van der Waals surface area contributed by atoms with Crippen LogP contribution < -0.4 is 4.74 Å². The molecule has 0 aliphatic carbocycles. The number of carbonyl (C=O) groups excluding carboxylic acids is 2. The summed E-state index contributed by atoms with van der Waals surface area (Å²) in [4.78, 5) is 24.5. The molecule has 0 aromatic heterocycles. The molecular weight excluding hydrogens is 326 g/mol. The van der Waals surface area contributed by atoms with Crippen molar-refractivity contribution in [1.82, 2.24) is 4.90 Å². The molecule has 0 saturated carbocycles. The lowest BCUT2D eigenvalue weighted by Gasteiger charge is -2.20. The van der Waals surface area contributed by atoms with Crippen molar-refractivity contribution in [2.75, 3.05) is 13.7 Å². The van der Waals surface area contributed by atoms with Crippen LogP contribution in [0.5, 0.6) is 5.75 Å². The first-order valence-electron chi connectivity index (χ1n) is 6.29. The molecule has 1 unspecified atom stereocenters. The van der Waals surface area contributed by atoms with Gasteiger partial charge < -0.3 is 9.47 Å². The van der Waals surface area contributed by atoms with Gasteiger partial charge in [-0.1, -0.05) is 28.1 Å². The smallest absolute Gasteiger partial charge is 0.417 e. The van der Waals surface area contributed by atoms with Crippen molar-refractivity contribution in [2.45, 2.75) is 24.2 Å². The summed E-state index contributed by atoms with van der Waals surface area (Å²) < 4.78 is 10.1. The van der Waals surface area contributed by atoms with Gasteiger partial charge in [0.15, 0.2) is 0 Å². The Bertz CT molecular complexity index is 500. The van der Waals surface area contributed by atoms with Crippen molar-refractivity contribution < 1.29 is 19.1 Å². The number of rotatable bonds is 4. The van der Waals surface area contributed by atoms with E-state index in [1.807, 2.05) is 24.3 Å². The highest BCUT2D eigenvalue weighted by molar-refractivity contribution is 9.10. The fourth-order valence-corrected chi connectivity index (χ4v) is 2.33. The number of benzene rings is 1. The van der Waals surface area contributed by atoms with E-state index < -0.39 is 10.9 Å². The number of halogens is 1. The van der Waals surface area contributed by atoms with E-state index in [0.717, 1.165) is 11.3 Å². The monoisotopic (exact) mass is 341 g/mol. The standard InChI is InChI=1S/C14H16BrNO4/c1-9(15)13(17)16-11(8-20-14(16)18)7-10-3-5-12(19-2)6-4-10/h3-6,9,11H,7-8H2,1-2H3/t9?,11-/m0/s1. The van der Waals surface area contributed by atoms with Crippen LogP contribution in [0.2, 0.25) is 0 Å². The van der Waals surface area contributed by atoms with Crippen molar-refractivity contribution in [3.8, 4) is 5.75 Å². The topological polar surface area (TPSA) is 55.8 Å². The number of hydrogen-bond acceptors (Lipinski definition) is 4. The minimum absolute atomic E-state index is 0.232. The molecule has 20 heavy (non-hydrogen) atoms. The molecule has 2 amide bonds. The van der Waals surface area contributed by atoms with Gasteiger partial charge in [-0.05, 0) is 31.0 Å². The van der Waals surface area contributed by atoms with Gasteiger partial charge in [0, 0.05) is 0 Å². The van der Waals surface area contributed by atoms with E-state index in [-0.39, 0.29) is 18.6 Å². The van der Waals surface area contributed by atoms with E-state index in [9.17, 15) is 9.59 Å². The highest BCUT2D eigenvalue weighted by Crippen LogP contribution is 2.21. The third-order valence-corrected chi connectivity index (χ3v) is 3.56. The molecule has 2 atom stereocenters. The first-order valence-corrected chi connectivity index (χ1v) is 7.21. The number of nitrogens with zero attached hydrogens (tertiary/aromatic N) is 1. The molecule has 0 N–H and O–H groups in total. The summed E-state index contributed by atoms with van der Waals surface area (Å²) in [7, 11) is 1.61. The van der Waals surface area contributed by atoms with Gasteiger partial charge in [0.1, 0.15) is 12.4 Å². The molecule has 1 aliphatic heterocycles. The molecule has 0 spiro atoms. The van der Waals surface area contributed by atoms with Gasteiger partial charge >= 0.3 is 6.09 Å². The lowest BCUT2D eigenvalue weighted by Crippen LogP contribution is -2.43. The zero-order valence-electron chi connectivity index (χ0n) is 11.3. The number of ether oxygens (including phenoxy) is 2. The number of amides is 2. The number of alkyl halides is 1. The number of methoxy groups -OCH3 is 1. The highest BCUT2D eigenvalue weighted by atomic mass is 79.9. The zero-order chi connectivity index (χ0) is 14.7. The Labute approximate surface area is 126 Å². The molecule has 1 fully saturated rings. The molecule has 1 aromatic carbocycles. The molecule has 1 saturated heterocycles. The van der Waals surface area contributed by atoms with Crippen molar-refractivity contribution in [3.05, 3.63) is 29.8 Å². The van der Waals surface area contributed by atoms with Crippen LogP contribution in [-0.2, 0) is 16.0 Å². The van der Waals surface area contributed by atoms with Gasteiger partial charge in [-0.2, -0.15) is 0 Å². The van der Waals surface area contributed by atoms with Gasteiger partial charge in [0.05, 0.1) is 18.0 Å². The normalized spacial score (nSPS) is 19.6. The molecule has 1 aliphatic rings. The van der Waals surface area contributed by atoms with Gasteiger partial charge in [-0.3, -0.25) is 4.79 Å². The lowest BCUT2D eigenvalue weighted by molar-refractivity contribution is -0.128. The molecule has 2 rings (SSSR count). The van der Waals surface area contributed by atoms with Gasteiger partial charge in [0.25, 0.3) is 0 Å². The third kappa shape index (κ3) is 3.12. The Balaban J connectivity index is 2.10. The summed E-state index contributed by atoms with van der Waals surface area (Å²) in [5.74, 6) is 0.500. The van der Waals surface area contributed by atoms with Crippen molar-refractivity contribution in [2.24, 2.45) is 0 Å². The summed E-state index contributed by atoms with van der Waals surface area (Å²) in [6.07, 6.45) is 0.00101. The molecular formula is C14H16BrNO4. The van der Waals surface area contributed by atoms with E-state index in [4.69, 9.17) is 9.47 Å². The van der Waals surface area contributed by atoms with Crippen LogP contribution in [0, 0.1) is 0 Å². The maximum absolute atomic E-state index is 12.0. The quantitative estimate of drug-likeness (QED) is 0.789. The van der Waals surface area contributed by atoms with Crippen LogP contribution in [0.25, 0.3) is 0 Å². The van der Waals surface area contributed by atoms with E-state index in [1.165, 1.54) is 4.90 Å². The first kappa shape index (κ1) is 14.8. The number of cyclic esters (lactones) is 1. The van der Waals surface area contributed by atoms with Crippen molar-refractivity contribution in [1.29, 1.82) is 0 Å². The Morgan fingerprint density at radius 1 is 1.50 bits per heavy atom. The fraction of sp³-hybridized carbons (Fsp3) is 0.429. The third-order valence-electron chi connectivity index (χ3n) is 3.17. The van der Waals surface area contributed by atoms with E-state index >= 15 is 0 Å². The Kier molecular flexibility index (Phi) is 4.65. The number of hydrogen-bond donors (Lipinski definition) is 0. The highest BCUT2D eigenvalue weighted by Gasteiger charge is 2.39. The van der Waals surface area contributed by atoms with Crippen LogP contribution in [0.4, 0.5) is 4.79 Å². The van der Waals surface area contributed by atoms with Crippen LogP contribution in [0.1, 0.15) is 12.5 Å². The Hall–Kier alpha value is -1.56. The largest absolute Gasteiger partial charge is 0.497 e. The summed E-state index contributed by atoms with van der Waals surface area (Å²) in [6.45, 7) is 1.93. The predicted molar refractivity (Wildman–Crippen MR) is 77.1 cm³/mol. The van der Waals surface area contributed by atoms with E-state index in [1.54, 1.807) is 14.0 Å². The van der Waals surface area contributed by atoms with Crippen molar-refractivity contribution in [3.63, 3.8) is 0 Å². The maximum Gasteiger partial charge on any atom is 0.417 e. The molecule has 0 radical (unpaired) electrons. The molecule has 1 heterocycles. The van der Waals surface area contributed by atoms with Crippen LogP contribution in [0.15, 0.2) is 24.3 Å². The van der Waals surface area contributed by atoms with Gasteiger partial charge in [0.2, 0.25) is 5.91 Å². The molecule has 108 valence electrons.